The molecule has 2 aromatic heterocycles. The van der Waals surface area contributed by atoms with Gasteiger partial charge >= 0.3 is 12.6 Å². The lowest BCUT2D eigenvalue weighted by molar-refractivity contribution is -0.154. The number of nitrogens with one attached hydrogen (secondary N) is 2. The molecule has 0 saturated carbocycles. The van der Waals surface area contributed by atoms with Crippen LogP contribution in [0, 0.1) is 6.92 Å². The Balaban J connectivity index is 0.999. The minimum absolute atomic E-state index is 0.0636. The molecule has 5 aromatic carbocycles. The molecule has 1 fully saturated rings. The summed E-state index contributed by atoms with van der Waals surface area (Å²) < 4.78 is 38.5. The number of fused-ring (bicyclic) bond motifs is 1. The summed E-state index contributed by atoms with van der Waals surface area (Å²) in [5.41, 5.74) is 3.19. The SMILES string of the molecule is Cc1nsc(SCC2=C(C(=O)OC(c3ccccc3)c3ccccc3)N3C(=O)C(NC(=O)/C(=N\OC(F)F)c4csc(NC(c5ccccc5)(c5ccccc5)c5ccccc5)n4)C3SC2)n1. The Morgan fingerprint density at radius 2 is 1.39 bits per heavy atom. The Bertz CT molecular complexity index is 2770. The topological polar surface area (TPSA) is 148 Å². The Morgan fingerprint density at radius 1 is 0.836 bits per heavy atom. The van der Waals surface area contributed by atoms with Gasteiger partial charge in [-0.3, -0.25) is 14.5 Å². The molecule has 2 aliphatic heterocycles. The number of thiazole rings is 1. The van der Waals surface area contributed by atoms with Crippen LogP contribution in [0.3, 0.4) is 0 Å². The highest BCUT2D eigenvalue weighted by molar-refractivity contribution is 8.01. The van der Waals surface area contributed by atoms with Crippen molar-refractivity contribution in [3.63, 3.8) is 0 Å². The first kappa shape index (κ1) is 45.4. The van der Waals surface area contributed by atoms with E-state index < -0.39 is 53.2 Å². The number of alkyl halides is 2. The number of rotatable bonds is 17. The second kappa shape index (κ2) is 20.4. The summed E-state index contributed by atoms with van der Waals surface area (Å²) in [5.74, 6) is -1.07. The number of β-lactam (4-membered cyclic amide) rings is 1. The van der Waals surface area contributed by atoms with Crippen molar-refractivity contribution < 1.29 is 32.7 Å². The van der Waals surface area contributed by atoms with Crippen LogP contribution in [0.4, 0.5) is 13.9 Å². The molecule has 7 aromatic rings. The second-order valence-electron chi connectivity index (χ2n) is 15.1. The van der Waals surface area contributed by atoms with Crippen LogP contribution in [-0.2, 0) is 29.5 Å². The summed E-state index contributed by atoms with van der Waals surface area (Å²) in [6, 6.07) is 46.7. The number of carbonyl (C=O) groups excluding carboxylic acids is 3. The number of nitrogens with zero attached hydrogens (tertiary/aromatic N) is 5. The lowest BCUT2D eigenvalue weighted by Crippen LogP contribution is -2.71. The Hall–Kier alpha value is -6.73. The zero-order valence-corrected chi connectivity index (χ0v) is 38.7. The van der Waals surface area contributed by atoms with Gasteiger partial charge in [0.05, 0.1) is 0 Å². The van der Waals surface area contributed by atoms with Crippen molar-refractivity contribution in [1.82, 2.24) is 24.6 Å². The highest BCUT2D eigenvalue weighted by Crippen LogP contribution is 2.44. The van der Waals surface area contributed by atoms with Crippen molar-refractivity contribution in [2.75, 3.05) is 16.8 Å². The predicted octanol–water partition coefficient (Wildman–Crippen LogP) is 9.43. The van der Waals surface area contributed by atoms with Crippen LogP contribution in [0.2, 0.25) is 0 Å². The van der Waals surface area contributed by atoms with Crippen molar-refractivity contribution in [3.8, 4) is 0 Å². The van der Waals surface area contributed by atoms with Crippen molar-refractivity contribution in [2.45, 2.75) is 40.9 Å². The molecule has 12 nitrogen and oxygen atoms in total. The number of anilines is 1. The first-order chi connectivity index (χ1) is 32.7. The van der Waals surface area contributed by atoms with Crippen molar-refractivity contribution in [3.05, 3.63) is 208 Å². The number of aryl methyl sites for hydroxylation is 1. The van der Waals surface area contributed by atoms with E-state index in [4.69, 9.17) is 9.72 Å². The summed E-state index contributed by atoms with van der Waals surface area (Å²) in [5, 5.41) is 11.0. The maximum Gasteiger partial charge on any atom is 0.407 e. The number of oxime groups is 1. The number of hydrogen-bond donors (Lipinski definition) is 2. The van der Waals surface area contributed by atoms with Crippen LogP contribution >= 0.6 is 46.4 Å². The zero-order chi connectivity index (χ0) is 46.3. The number of esters is 1. The molecule has 0 radical (unpaired) electrons. The maximum atomic E-state index is 14.5. The molecular formula is C49H39F2N7O5S4. The number of hydrogen-bond acceptors (Lipinski definition) is 14. The molecular weight excluding hydrogens is 933 g/mol. The van der Waals surface area contributed by atoms with E-state index in [1.807, 2.05) is 152 Å². The average Bonchev–Trinajstić information content (AvgIpc) is 4.02. The van der Waals surface area contributed by atoms with Gasteiger partial charge in [0.25, 0.3) is 11.8 Å². The number of ether oxygens (including phenoxy) is 1. The average molecular weight is 972 g/mol. The first-order valence-corrected chi connectivity index (χ1v) is 24.5. The molecule has 4 heterocycles. The van der Waals surface area contributed by atoms with Crippen LogP contribution in [-0.4, -0.2) is 72.3 Å². The van der Waals surface area contributed by atoms with Gasteiger partial charge in [-0.05, 0) is 51.8 Å². The summed E-state index contributed by atoms with van der Waals surface area (Å²) in [4.78, 5) is 57.9. The Labute approximate surface area is 400 Å². The van der Waals surface area contributed by atoms with Gasteiger partial charge in [0.1, 0.15) is 34.2 Å². The van der Waals surface area contributed by atoms with Crippen LogP contribution < -0.4 is 10.6 Å². The van der Waals surface area contributed by atoms with E-state index in [2.05, 4.69) is 30.0 Å². The van der Waals surface area contributed by atoms with Crippen LogP contribution in [0.1, 0.15) is 45.4 Å². The normalized spacial score (nSPS) is 16.1. The van der Waals surface area contributed by atoms with Gasteiger partial charge in [-0.15, -0.1) is 23.1 Å². The van der Waals surface area contributed by atoms with Crippen LogP contribution in [0.5, 0.6) is 0 Å². The molecule has 2 aliphatic rings. The number of aromatic nitrogens is 3. The van der Waals surface area contributed by atoms with Crippen molar-refractivity contribution in [2.24, 2.45) is 5.16 Å². The van der Waals surface area contributed by atoms with Crippen molar-refractivity contribution >= 4 is 75.0 Å². The van der Waals surface area contributed by atoms with Gasteiger partial charge in [-0.2, -0.15) is 13.2 Å². The number of thioether (sulfide) groups is 2. The summed E-state index contributed by atoms with van der Waals surface area (Å²) >= 11 is 5.10. The lowest BCUT2D eigenvalue weighted by atomic mass is 9.77. The molecule has 0 aliphatic carbocycles. The monoisotopic (exact) mass is 971 g/mol. The van der Waals surface area contributed by atoms with Crippen LogP contribution in [0.25, 0.3) is 0 Å². The fraction of sp³-hybridized carbons (Fsp3) is 0.163. The smallest absolute Gasteiger partial charge is 0.407 e. The molecule has 2 atom stereocenters. The van der Waals surface area contributed by atoms with Gasteiger partial charge < -0.3 is 20.2 Å². The molecule has 0 spiro atoms. The quantitative estimate of drug-likeness (QED) is 0.0225. The van der Waals surface area contributed by atoms with E-state index in [0.717, 1.165) is 39.2 Å². The summed E-state index contributed by atoms with van der Waals surface area (Å²) in [6.07, 6.45) is -0.800. The van der Waals surface area contributed by atoms with E-state index in [1.165, 1.54) is 45.3 Å². The Kier molecular flexibility index (Phi) is 13.8. The standard InChI is InChI=1S/C49H39F2N7O5S4/c1-30-52-48(67-57-30)66-28-33-27-64-44-39(43(60)58(44)40(33)45(61)62-41(31-17-7-2-8-18-31)32-19-9-3-10-20-32)54-42(59)38(56-63-46(50)51)37-29-65-47(53-37)55-49(34-21-11-4-12-22-34,35-23-13-5-14-24-35)36-25-15-6-16-26-36/h2-26,29,39,41,44,46H,27-28H2,1H3,(H,53,55)(H,54,59)/b56-38-. The molecule has 9 rings (SSSR count). The van der Waals surface area contributed by atoms with Gasteiger partial charge in [-0.1, -0.05) is 169 Å². The third-order valence-electron chi connectivity index (χ3n) is 10.9. The number of halogens is 2. The molecule has 1 saturated heterocycles. The van der Waals surface area contributed by atoms with Crippen LogP contribution in [0.15, 0.2) is 178 Å². The van der Waals surface area contributed by atoms with E-state index >= 15 is 0 Å². The van der Waals surface area contributed by atoms with Gasteiger partial charge in [0, 0.05) is 16.9 Å². The zero-order valence-electron chi connectivity index (χ0n) is 35.4. The Morgan fingerprint density at radius 3 is 1.91 bits per heavy atom. The minimum atomic E-state index is -3.36. The maximum absolute atomic E-state index is 14.5. The van der Waals surface area contributed by atoms with E-state index in [1.54, 1.807) is 6.92 Å². The van der Waals surface area contributed by atoms with Crippen molar-refractivity contribution in [1.29, 1.82) is 0 Å². The molecule has 18 heteroatoms. The molecule has 2 amide bonds. The third kappa shape index (κ3) is 9.74. The van der Waals surface area contributed by atoms with E-state index in [0.29, 0.717) is 32.4 Å². The fourth-order valence-electron chi connectivity index (χ4n) is 7.90. The first-order valence-electron chi connectivity index (χ1n) is 20.8. The summed E-state index contributed by atoms with van der Waals surface area (Å²) in [7, 11) is 0. The number of amides is 2. The fourth-order valence-corrected chi connectivity index (χ4v) is 11.8. The second-order valence-corrected chi connectivity index (χ2v) is 19.1. The number of carbonyl (C=O) groups is 3. The third-order valence-corrected chi connectivity index (χ3v) is 15.0. The molecule has 338 valence electrons. The van der Waals surface area contributed by atoms with Gasteiger partial charge in [0.15, 0.2) is 21.3 Å². The van der Waals surface area contributed by atoms with Gasteiger partial charge in [-0.25, -0.2) is 14.8 Å². The predicted molar refractivity (Wildman–Crippen MR) is 257 cm³/mol. The molecule has 2 unspecified atom stereocenters. The molecule has 0 bridgehead atoms. The highest BCUT2D eigenvalue weighted by atomic mass is 32.2. The largest absolute Gasteiger partial charge is 0.448 e. The van der Waals surface area contributed by atoms with E-state index in [-0.39, 0.29) is 11.4 Å². The minimum Gasteiger partial charge on any atom is -0.448 e. The summed E-state index contributed by atoms with van der Waals surface area (Å²) in [6.45, 7) is -1.57. The van der Waals surface area contributed by atoms with Gasteiger partial charge in [0.2, 0.25) is 0 Å². The molecule has 67 heavy (non-hydrogen) atoms. The number of benzene rings is 5. The van der Waals surface area contributed by atoms with E-state index in [9.17, 15) is 23.2 Å². The highest BCUT2D eigenvalue weighted by Gasteiger charge is 2.55. The molecule has 2 N–H and O–H groups in total. The lowest BCUT2D eigenvalue weighted by Gasteiger charge is -2.49.